The van der Waals surface area contributed by atoms with E-state index in [2.05, 4.69) is 15.6 Å². The molecule has 1 aliphatic rings. The molecule has 3 aromatic rings. The number of fused-ring (bicyclic) bond motifs is 1. The van der Waals surface area contributed by atoms with E-state index >= 15 is 0 Å². The number of furan rings is 1. The van der Waals surface area contributed by atoms with Crippen molar-refractivity contribution < 1.29 is 18.8 Å². The van der Waals surface area contributed by atoms with Crippen molar-refractivity contribution in [3.05, 3.63) is 65.0 Å². The molecule has 3 heterocycles. The van der Waals surface area contributed by atoms with Gasteiger partial charge in [-0.3, -0.25) is 19.3 Å². The Morgan fingerprint density at radius 2 is 2.03 bits per heavy atom. The summed E-state index contributed by atoms with van der Waals surface area (Å²) in [6.07, 6.45) is 2.97. The Morgan fingerprint density at radius 1 is 1.19 bits per heavy atom. The van der Waals surface area contributed by atoms with Gasteiger partial charge in [-0.05, 0) is 48.5 Å². The predicted molar refractivity (Wildman–Crippen MR) is 119 cm³/mol. The number of hydrogen-bond donors (Lipinski definition) is 2. The van der Waals surface area contributed by atoms with Gasteiger partial charge >= 0.3 is 0 Å². The van der Waals surface area contributed by atoms with Gasteiger partial charge in [0.25, 0.3) is 11.1 Å². The molecule has 3 amide bonds. The van der Waals surface area contributed by atoms with E-state index in [4.69, 9.17) is 4.42 Å². The normalized spacial score (nSPS) is 15.1. The number of nitrogens with one attached hydrogen (secondary N) is 2. The molecule has 1 saturated heterocycles. The second-order valence-corrected chi connectivity index (χ2v) is 7.89. The lowest BCUT2D eigenvalue weighted by molar-refractivity contribution is -0.129. The molecule has 2 N–H and O–H groups in total. The van der Waals surface area contributed by atoms with E-state index in [1.54, 1.807) is 12.1 Å². The molecule has 0 spiro atoms. The number of anilines is 1. The summed E-state index contributed by atoms with van der Waals surface area (Å²) >= 11 is 0.788. The first-order chi connectivity index (χ1) is 15.0. The summed E-state index contributed by atoms with van der Waals surface area (Å²) in [6, 6.07) is 13.2. The number of aryl methyl sites for hydroxylation is 1. The maximum absolute atomic E-state index is 12.4. The molecular formula is C22H20N4O4S. The van der Waals surface area contributed by atoms with Crippen molar-refractivity contribution in [3.63, 3.8) is 0 Å². The SMILES string of the molecule is Cc1cc(NCCNC(=O)CN2C(=O)SC(=Cc3ccco3)C2=O)nc2ccccc12. The van der Waals surface area contributed by atoms with Crippen LogP contribution in [0.4, 0.5) is 10.6 Å². The summed E-state index contributed by atoms with van der Waals surface area (Å²) in [5.41, 5.74) is 2.01. The second kappa shape index (κ2) is 9.05. The molecule has 0 bridgehead atoms. The zero-order chi connectivity index (χ0) is 21.8. The largest absolute Gasteiger partial charge is 0.465 e. The molecule has 158 valence electrons. The fraction of sp³-hybridized carbons (Fsp3) is 0.182. The Morgan fingerprint density at radius 3 is 2.84 bits per heavy atom. The summed E-state index contributed by atoms with van der Waals surface area (Å²) in [5, 5.41) is 6.51. The van der Waals surface area contributed by atoms with Crippen LogP contribution in [0.15, 0.2) is 58.1 Å². The molecule has 4 rings (SSSR count). The van der Waals surface area contributed by atoms with Gasteiger partial charge in [0.2, 0.25) is 5.91 Å². The maximum atomic E-state index is 12.4. The van der Waals surface area contributed by atoms with Gasteiger partial charge in [-0.15, -0.1) is 0 Å². The van der Waals surface area contributed by atoms with Crippen molar-refractivity contribution in [2.45, 2.75) is 6.92 Å². The maximum Gasteiger partial charge on any atom is 0.294 e. The molecule has 0 saturated carbocycles. The summed E-state index contributed by atoms with van der Waals surface area (Å²) in [5.74, 6) is 0.277. The van der Waals surface area contributed by atoms with E-state index in [0.717, 1.165) is 38.9 Å². The minimum absolute atomic E-state index is 0.229. The fourth-order valence-electron chi connectivity index (χ4n) is 3.17. The Labute approximate surface area is 182 Å². The summed E-state index contributed by atoms with van der Waals surface area (Å²) in [7, 11) is 0. The van der Waals surface area contributed by atoms with Gasteiger partial charge in [0.15, 0.2) is 0 Å². The molecule has 31 heavy (non-hydrogen) atoms. The van der Waals surface area contributed by atoms with Crippen molar-refractivity contribution in [2.24, 2.45) is 0 Å². The van der Waals surface area contributed by atoms with Crippen molar-refractivity contribution >= 4 is 51.6 Å². The third kappa shape index (κ3) is 4.77. The van der Waals surface area contributed by atoms with Gasteiger partial charge in [0, 0.05) is 24.6 Å². The molecule has 2 aromatic heterocycles. The van der Waals surface area contributed by atoms with Crippen LogP contribution in [0.1, 0.15) is 11.3 Å². The zero-order valence-corrected chi connectivity index (χ0v) is 17.6. The lowest BCUT2D eigenvalue weighted by Gasteiger charge is -2.13. The highest BCUT2D eigenvalue weighted by molar-refractivity contribution is 8.18. The number of nitrogens with zero attached hydrogens (tertiary/aromatic N) is 2. The first kappa shape index (κ1) is 20.7. The quantitative estimate of drug-likeness (QED) is 0.432. The number of hydrogen-bond acceptors (Lipinski definition) is 7. The highest BCUT2D eigenvalue weighted by atomic mass is 32.2. The lowest BCUT2D eigenvalue weighted by atomic mass is 10.1. The number of amides is 3. The average molecular weight is 436 g/mol. The minimum atomic E-state index is -0.504. The van der Waals surface area contributed by atoms with Crippen LogP contribution in [0.3, 0.4) is 0 Å². The number of benzene rings is 1. The third-order valence-electron chi connectivity index (χ3n) is 4.67. The molecule has 0 atom stereocenters. The summed E-state index contributed by atoms with van der Waals surface area (Å²) in [6.45, 7) is 2.47. The van der Waals surface area contributed by atoms with Crippen LogP contribution in [0.2, 0.25) is 0 Å². The summed E-state index contributed by atoms with van der Waals surface area (Å²) in [4.78, 5) is 42.4. The van der Waals surface area contributed by atoms with Crippen molar-refractivity contribution in [1.82, 2.24) is 15.2 Å². The van der Waals surface area contributed by atoms with Gasteiger partial charge in [-0.25, -0.2) is 4.98 Å². The Kier molecular flexibility index (Phi) is 6.03. The average Bonchev–Trinajstić information content (AvgIpc) is 3.35. The molecular weight excluding hydrogens is 416 g/mol. The highest BCUT2D eigenvalue weighted by Crippen LogP contribution is 2.32. The summed E-state index contributed by atoms with van der Waals surface area (Å²) < 4.78 is 5.17. The van der Waals surface area contributed by atoms with Crippen LogP contribution in [0.25, 0.3) is 17.0 Å². The Hall–Kier alpha value is -3.59. The second-order valence-electron chi connectivity index (χ2n) is 6.90. The molecule has 1 fully saturated rings. The van der Waals surface area contributed by atoms with Crippen LogP contribution < -0.4 is 10.6 Å². The number of para-hydroxylation sites is 1. The van der Waals surface area contributed by atoms with E-state index in [1.165, 1.54) is 12.3 Å². The highest BCUT2D eigenvalue weighted by Gasteiger charge is 2.36. The van der Waals surface area contributed by atoms with Crippen LogP contribution in [-0.4, -0.2) is 46.6 Å². The molecule has 0 aliphatic carbocycles. The van der Waals surface area contributed by atoms with E-state index in [-0.39, 0.29) is 11.4 Å². The lowest BCUT2D eigenvalue weighted by Crippen LogP contribution is -2.40. The third-order valence-corrected chi connectivity index (χ3v) is 5.58. The van der Waals surface area contributed by atoms with E-state index in [0.29, 0.717) is 18.8 Å². The van der Waals surface area contributed by atoms with E-state index < -0.39 is 17.1 Å². The van der Waals surface area contributed by atoms with Gasteiger partial charge in [-0.1, -0.05) is 18.2 Å². The number of carbonyl (C=O) groups is 3. The predicted octanol–water partition coefficient (Wildman–Crippen LogP) is 3.40. The van der Waals surface area contributed by atoms with Crippen LogP contribution >= 0.6 is 11.8 Å². The molecule has 1 aromatic carbocycles. The van der Waals surface area contributed by atoms with Crippen LogP contribution in [-0.2, 0) is 9.59 Å². The number of imide groups is 1. The number of thioether (sulfide) groups is 1. The Bertz CT molecular complexity index is 1170. The number of rotatable bonds is 7. The topological polar surface area (TPSA) is 105 Å². The van der Waals surface area contributed by atoms with Crippen molar-refractivity contribution in [3.8, 4) is 0 Å². The fourth-order valence-corrected chi connectivity index (χ4v) is 3.99. The minimum Gasteiger partial charge on any atom is -0.465 e. The van der Waals surface area contributed by atoms with E-state index in [1.807, 2.05) is 37.3 Å². The van der Waals surface area contributed by atoms with E-state index in [9.17, 15) is 14.4 Å². The Balaban J connectivity index is 1.27. The molecule has 8 nitrogen and oxygen atoms in total. The molecule has 1 aliphatic heterocycles. The standard InChI is InChI=1S/C22H20N4O4S/c1-14-11-19(25-17-7-3-2-6-16(14)17)23-8-9-24-20(27)13-26-21(28)18(31-22(26)29)12-15-5-4-10-30-15/h2-7,10-12H,8-9,13H2,1H3,(H,23,25)(H,24,27). The number of carbonyl (C=O) groups excluding carboxylic acids is 3. The molecule has 0 radical (unpaired) electrons. The zero-order valence-electron chi connectivity index (χ0n) is 16.8. The van der Waals surface area contributed by atoms with Gasteiger partial charge in [-0.2, -0.15) is 0 Å². The van der Waals surface area contributed by atoms with Gasteiger partial charge in [0.1, 0.15) is 18.1 Å². The van der Waals surface area contributed by atoms with Crippen LogP contribution in [0, 0.1) is 6.92 Å². The number of aromatic nitrogens is 1. The van der Waals surface area contributed by atoms with Crippen molar-refractivity contribution in [2.75, 3.05) is 25.0 Å². The van der Waals surface area contributed by atoms with Gasteiger partial charge < -0.3 is 15.1 Å². The molecule has 9 heteroatoms. The first-order valence-corrected chi connectivity index (χ1v) is 10.5. The molecule has 0 unspecified atom stereocenters. The first-order valence-electron chi connectivity index (χ1n) is 9.67. The van der Waals surface area contributed by atoms with Gasteiger partial charge in [0.05, 0.1) is 16.7 Å². The van der Waals surface area contributed by atoms with Crippen molar-refractivity contribution in [1.29, 1.82) is 0 Å². The monoisotopic (exact) mass is 436 g/mol. The van der Waals surface area contributed by atoms with Crippen LogP contribution in [0.5, 0.6) is 0 Å². The number of pyridine rings is 1. The smallest absolute Gasteiger partial charge is 0.294 e.